The number of nitrogens with two attached hydrogens (primary N) is 1. The molecule has 0 bridgehead atoms. The molecule has 2 nitrogen and oxygen atoms in total. The van der Waals surface area contributed by atoms with Crippen LogP contribution in [0.1, 0.15) is 11.1 Å². The van der Waals surface area contributed by atoms with Crippen LogP contribution < -0.4 is 10.5 Å². The van der Waals surface area contributed by atoms with Crippen molar-refractivity contribution in [3.8, 4) is 5.75 Å². The molecule has 0 aliphatic carbocycles. The molecule has 0 amide bonds. The Bertz CT molecular complexity index is 590. The molecule has 0 saturated carbocycles. The average Bonchev–Trinajstić information content (AvgIpc) is 2.41. The molecule has 2 rings (SSSR count). The van der Waals surface area contributed by atoms with E-state index >= 15 is 0 Å². The van der Waals surface area contributed by atoms with Crippen molar-refractivity contribution >= 4 is 15.9 Å². The molecule has 0 aromatic heterocycles. The molecule has 2 aromatic carbocycles. The molecule has 0 aliphatic rings. The topological polar surface area (TPSA) is 35.2 Å². The summed E-state index contributed by atoms with van der Waals surface area (Å²) in [6, 6.07) is 9.16. The van der Waals surface area contributed by atoms with Gasteiger partial charge in [0.15, 0.2) is 11.6 Å². The van der Waals surface area contributed by atoms with E-state index in [0.717, 1.165) is 0 Å². The van der Waals surface area contributed by atoms with E-state index in [-0.39, 0.29) is 24.7 Å². The normalized spacial score (nSPS) is 10.5. The Labute approximate surface area is 118 Å². The molecule has 0 saturated heterocycles. The molecule has 0 heterocycles. The first-order valence-electron chi connectivity index (χ1n) is 5.66. The Hall–Kier alpha value is -1.46. The van der Waals surface area contributed by atoms with Gasteiger partial charge in [-0.1, -0.05) is 18.2 Å². The van der Waals surface area contributed by atoms with E-state index in [4.69, 9.17) is 10.5 Å². The fourth-order valence-corrected chi connectivity index (χ4v) is 1.98. The quantitative estimate of drug-likeness (QED) is 0.927. The number of benzene rings is 2. The maximum atomic E-state index is 13.7. The molecule has 19 heavy (non-hydrogen) atoms. The summed E-state index contributed by atoms with van der Waals surface area (Å²) in [6.45, 7) is 0.351. The summed E-state index contributed by atoms with van der Waals surface area (Å²) in [6.07, 6.45) is 0. The fraction of sp³-hybridized carbons (Fsp3) is 0.143. The second-order valence-corrected chi connectivity index (χ2v) is 4.76. The average molecular weight is 328 g/mol. The van der Waals surface area contributed by atoms with Gasteiger partial charge < -0.3 is 10.5 Å². The SMILES string of the molecule is NCc1ccc(OCc2cccc(F)c2Br)c(F)c1. The Balaban J connectivity index is 2.12. The molecule has 0 unspecified atom stereocenters. The third kappa shape index (κ3) is 3.30. The third-order valence-corrected chi connectivity index (χ3v) is 3.53. The minimum Gasteiger partial charge on any atom is -0.486 e. The molecular weight excluding hydrogens is 316 g/mol. The van der Waals surface area contributed by atoms with Crippen LogP contribution in [0.4, 0.5) is 8.78 Å². The number of hydrogen-bond acceptors (Lipinski definition) is 2. The van der Waals surface area contributed by atoms with E-state index in [1.165, 1.54) is 18.2 Å². The summed E-state index contributed by atoms with van der Waals surface area (Å²) in [4.78, 5) is 0. The lowest BCUT2D eigenvalue weighted by atomic mass is 10.2. The largest absolute Gasteiger partial charge is 0.486 e. The summed E-state index contributed by atoms with van der Waals surface area (Å²) >= 11 is 3.13. The zero-order valence-corrected chi connectivity index (χ0v) is 11.6. The van der Waals surface area contributed by atoms with Gasteiger partial charge in [-0.05, 0) is 39.7 Å². The molecule has 100 valence electrons. The van der Waals surface area contributed by atoms with Crippen LogP contribution in [0.25, 0.3) is 0 Å². The van der Waals surface area contributed by atoms with E-state index < -0.39 is 5.82 Å². The van der Waals surface area contributed by atoms with Crippen molar-refractivity contribution in [3.05, 3.63) is 63.6 Å². The predicted octanol–water partition coefficient (Wildman–Crippen LogP) is 3.77. The minimum absolute atomic E-state index is 0.0806. The molecule has 0 aliphatic heterocycles. The summed E-state index contributed by atoms with van der Waals surface area (Å²) in [7, 11) is 0. The number of rotatable bonds is 4. The minimum atomic E-state index is -0.476. The molecule has 2 aromatic rings. The van der Waals surface area contributed by atoms with Gasteiger partial charge in [-0.25, -0.2) is 8.78 Å². The number of halogens is 3. The highest BCUT2D eigenvalue weighted by atomic mass is 79.9. The summed E-state index contributed by atoms with van der Waals surface area (Å²) in [5.74, 6) is -0.733. The Morgan fingerprint density at radius 2 is 1.89 bits per heavy atom. The second-order valence-electron chi connectivity index (χ2n) is 3.97. The van der Waals surface area contributed by atoms with Gasteiger partial charge in [-0.2, -0.15) is 0 Å². The van der Waals surface area contributed by atoms with Crippen LogP contribution in [-0.4, -0.2) is 0 Å². The first kappa shape index (κ1) is 14.0. The molecule has 0 fully saturated rings. The lowest BCUT2D eigenvalue weighted by molar-refractivity contribution is 0.289. The van der Waals surface area contributed by atoms with Crippen molar-refractivity contribution in [2.45, 2.75) is 13.2 Å². The first-order valence-corrected chi connectivity index (χ1v) is 6.45. The van der Waals surface area contributed by atoms with Crippen molar-refractivity contribution in [3.63, 3.8) is 0 Å². The van der Waals surface area contributed by atoms with Gasteiger partial charge in [0.05, 0.1) is 4.47 Å². The van der Waals surface area contributed by atoms with Gasteiger partial charge in [0.1, 0.15) is 12.4 Å². The molecule has 0 atom stereocenters. The Morgan fingerprint density at radius 1 is 1.11 bits per heavy atom. The standard InChI is InChI=1S/C14H12BrF2NO/c15-14-10(2-1-3-11(14)16)8-19-13-5-4-9(7-18)6-12(13)17/h1-6H,7-8,18H2. The number of ether oxygens (including phenoxy) is 1. The van der Waals surface area contributed by atoms with Crippen LogP contribution in [0.2, 0.25) is 0 Å². The highest BCUT2D eigenvalue weighted by Crippen LogP contribution is 2.24. The van der Waals surface area contributed by atoms with Crippen molar-refractivity contribution in [1.82, 2.24) is 0 Å². The molecule has 0 radical (unpaired) electrons. The van der Waals surface area contributed by atoms with E-state index in [0.29, 0.717) is 15.6 Å². The van der Waals surface area contributed by atoms with E-state index in [1.54, 1.807) is 18.2 Å². The highest BCUT2D eigenvalue weighted by molar-refractivity contribution is 9.10. The van der Waals surface area contributed by atoms with Crippen molar-refractivity contribution in [2.75, 3.05) is 0 Å². The van der Waals surface area contributed by atoms with Gasteiger partial charge in [-0.3, -0.25) is 0 Å². The molecule has 0 spiro atoms. The fourth-order valence-electron chi connectivity index (χ4n) is 1.60. The van der Waals surface area contributed by atoms with Crippen molar-refractivity contribution in [2.24, 2.45) is 5.73 Å². The van der Waals surface area contributed by atoms with Gasteiger partial charge in [-0.15, -0.1) is 0 Å². The van der Waals surface area contributed by atoms with Gasteiger partial charge in [0, 0.05) is 12.1 Å². The monoisotopic (exact) mass is 327 g/mol. The van der Waals surface area contributed by atoms with Crippen LogP contribution in [-0.2, 0) is 13.2 Å². The van der Waals surface area contributed by atoms with E-state index in [2.05, 4.69) is 15.9 Å². The van der Waals surface area contributed by atoms with Gasteiger partial charge >= 0.3 is 0 Å². The van der Waals surface area contributed by atoms with Gasteiger partial charge in [0.2, 0.25) is 0 Å². The highest BCUT2D eigenvalue weighted by Gasteiger charge is 2.08. The molecule has 5 heteroatoms. The summed E-state index contributed by atoms with van der Waals surface area (Å²) in [5, 5.41) is 0. The van der Waals surface area contributed by atoms with Crippen molar-refractivity contribution in [1.29, 1.82) is 0 Å². The van der Waals surface area contributed by atoms with E-state index in [9.17, 15) is 8.78 Å². The Kier molecular flexibility index (Phi) is 4.50. The van der Waals surface area contributed by atoms with Crippen LogP contribution >= 0.6 is 15.9 Å². The Morgan fingerprint density at radius 3 is 2.58 bits per heavy atom. The van der Waals surface area contributed by atoms with Crippen LogP contribution in [0.5, 0.6) is 5.75 Å². The zero-order chi connectivity index (χ0) is 13.8. The van der Waals surface area contributed by atoms with E-state index in [1.807, 2.05) is 0 Å². The predicted molar refractivity (Wildman–Crippen MR) is 72.7 cm³/mol. The first-order chi connectivity index (χ1) is 9.11. The van der Waals surface area contributed by atoms with Crippen molar-refractivity contribution < 1.29 is 13.5 Å². The maximum Gasteiger partial charge on any atom is 0.165 e. The molecule has 2 N–H and O–H groups in total. The number of hydrogen-bond donors (Lipinski definition) is 1. The smallest absolute Gasteiger partial charge is 0.165 e. The lowest BCUT2D eigenvalue weighted by Gasteiger charge is -2.10. The molecular formula is C14H12BrF2NO. The summed E-state index contributed by atoms with van der Waals surface area (Å²) < 4.78 is 32.6. The second kappa shape index (κ2) is 6.12. The summed E-state index contributed by atoms with van der Waals surface area (Å²) in [5.41, 5.74) is 6.72. The van der Waals surface area contributed by atoms with Gasteiger partial charge in [0.25, 0.3) is 0 Å². The van der Waals surface area contributed by atoms with Crippen LogP contribution in [0.3, 0.4) is 0 Å². The zero-order valence-electron chi connectivity index (χ0n) is 10.00. The lowest BCUT2D eigenvalue weighted by Crippen LogP contribution is -2.01. The van der Waals surface area contributed by atoms with Crippen LogP contribution in [0.15, 0.2) is 40.9 Å². The third-order valence-electron chi connectivity index (χ3n) is 2.65. The van der Waals surface area contributed by atoms with Crippen LogP contribution in [0, 0.1) is 11.6 Å². The maximum absolute atomic E-state index is 13.7.